The maximum absolute atomic E-state index is 12.2. The summed E-state index contributed by atoms with van der Waals surface area (Å²) in [6, 6.07) is 22.6. The van der Waals surface area contributed by atoms with E-state index < -0.39 is 17.9 Å². The van der Waals surface area contributed by atoms with Crippen LogP contribution < -0.4 is 27.2 Å². The van der Waals surface area contributed by atoms with Crippen molar-refractivity contribution in [1.82, 2.24) is 16.1 Å². The van der Waals surface area contributed by atoms with Crippen LogP contribution in [0.25, 0.3) is 0 Å². The Bertz CT molecular complexity index is 1380. The normalized spacial score (nSPS) is 10.6. The Morgan fingerprint density at radius 1 is 0.846 bits per heavy atom. The molecule has 0 aromatic heterocycles. The van der Waals surface area contributed by atoms with Crippen molar-refractivity contribution < 1.29 is 19.6 Å². The minimum absolute atomic E-state index is 0.119. The maximum Gasteiger partial charge on any atom is 0.267 e. The van der Waals surface area contributed by atoms with E-state index in [4.69, 9.17) is 10.9 Å². The van der Waals surface area contributed by atoms with Gasteiger partial charge in [-0.1, -0.05) is 42.2 Å². The molecule has 1 atom stereocenters. The van der Waals surface area contributed by atoms with E-state index in [-0.39, 0.29) is 19.0 Å². The Hall–Kier alpha value is -4.93. The summed E-state index contributed by atoms with van der Waals surface area (Å²) in [5.41, 5.74) is 10.5. The van der Waals surface area contributed by atoms with Crippen LogP contribution in [0, 0.1) is 23.7 Å². The molecule has 7 N–H and O–H groups in total. The van der Waals surface area contributed by atoms with Crippen LogP contribution in [0.15, 0.2) is 78.9 Å². The van der Waals surface area contributed by atoms with Gasteiger partial charge >= 0.3 is 0 Å². The van der Waals surface area contributed by atoms with Crippen molar-refractivity contribution in [2.24, 2.45) is 5.73 Å². The molecule has 3 aromatic rings. The molecular weight excluding hydrogens is 494 g/mol. The van der Waals surface area contributed by atoms with E-state index in [1.807, 2.05) is 18.2 Å². The molecule has 0 aliphatic carbocycles. The summed E-state index contributed by atoms with van der Waals surface area (Å²) < 4.78 is 0. The fraction of sp³-hybridized carbons (Fsp3) is 0.167. The van der Waals surface area contributed by atoms with Gasteiger partial charge in [0.2, 0.25) is 5.91 Å². The van der Waals surface area contributed by atoms with Gasteiger partial charge in [-0.05, 0) is 78.9 Å². The number of benzene rings is 3. The summed E-state index contributed by atoms with van der Waals surface area (Å²) in [5, 5.41) is 17.1. The number of carbonyl (C=O) groups excluding carboxylic acids is 3. The van der Waals surface area contributed by atoms with Gasteiger partial charge in [0, 0.05) is 28.9 Å². The van der Waals surface area contributed by atoms with Gasteiger partial charge in [-0.25, -0.2) is 5.48 Å². The Morgan fingerprint density at radius 2 is 1.46 bits per heavy atom. The molecule has 3 rings (SSSR count). The first-order valence-corrected chi connectivity index (χ1v) is 12.2. The third kappa shape index (κ3) is 9.80. The zero-order valence-corrected chi connectivity index (χ0v) is 21.2. The number of hydrogen-bond acceptors (Lipinski definition) is 6. The summed E-state index contributed by atoms with van der Waals surface area (Å²) in [6.45, 7) is 0.780. The molecule has 0 unspecified atom stereocenters. The van der Waals surface area contributed by atoms with E-state index in [2.05, 4.69) is 51.8 Å². The third-order valence-corrected chi connectivity index (χ3v) is 5.48. The van der Waals surface area contributed by atoms with Crippen LogP contribution in [0.1, 0.15) is 27.0 Å². The summed E-state index contributed by atoms with van der Waals surface area (Å²) in [5.74, 6) is 9.96. The van der Waals surface area contributed by atoms with Crippen molar-refractivity contribution in [3.05, 3.63) is 101 Å². The highest BCUT2D eigenvalue weighted by molar-refractivity contribution is 5.97. The van der Waals surface area contributed by atoms with Crippen LogP contribution in [-0.2, 0) is 16.0 Å². The largest absolute Gasteiger partial charge is 0.339 e. The maximum atomic E-state index is 12.2. The molecule has 0 heterocycles. The number of anilines is 1. The van der Waals surface area contributed by atoms with Gasteiger partial charge in [-0.15, -0.1) is 0 Å². The smallest absolute Gasteiger partial charge is 0.267 e. The first kappa shape index (κ1) is 28.6. The lowest BCUT2D eigenvalue weighted by Crippen LogP contribution is -2.50. The summed E-state index contributed by atoms with van der Waals surface area (Å²) in [4.78, 5) is 35.8. The van der Waals surface area contributed by atoms with E-state index in [1.165, 1.54) is 11.0 Å². The quantitative estimate of drug-likeness (QED) is 0.103. The van der Waals surface area contributed by atoms with E-state index in [0.717, 1.165) is 12.0 Å². The molecule has 3 amide bonds. The molecule has 0 bridgehead atoms. The molecule has 39 heavy (non-hydrogen) atoms. The van der Waals surface area contributed by atoms with Crippen molar-refractivity contribution in [2.45, 2.75) is 12.5 Å². The van der Waals surface area contributed by atoms with Crippen molar-refractivity contribution in [3.8, 4) is 23.7 Å². The van der Waals surface area contributed by atoms with Gasteiger partial charge in [0.05, 0.1) is 6.54 Å². The molecule has 9 heteroatoms. The van der Waals surface area contributed by atoms with Crippen LogP contribution in [-0.4, -0.2) is 48.6 Å². The first-order valence-electron chi connectivity index (χ1n) is 12.2. The molecule has 198 valence electrons. The second kappa shape index (κ2) is 15.4. The number of rotatable bonds is 10. The van der Waals surface area contributed by atoms with E-state index >= 15 is 0 Å². The number of nitrogens with two attached hydrogens (primary N) is 1. The molecule has 9 nitrogen and oxygen atoms in total. The topological polar surface area (TPSA) is 146 Å². The Kier molecular flexibility index (Phi) is 11.3. The lowest BCUT2D eigenvalue weighted by Gasteiger charge is -2.14. The van der Waals surface area contributed by atoms with Crippen molar-refractivity contribution in [2.75, 3.05) is 25.0 Å². The summed E-state index contributed by atoms with van der Waals surface area (Å²) in [7, 11) is 0. The first-order chi connectivity index (χ1) is 19.0. The van der Waals surface area contributed by atoms with E-state index in [0.29, 0.717) is 23.4 Å². The van der Waals surface area contributed by atoms with Gasteiger partial charge in [0.15, 0.2) is 0 Å². The van der Waals surface area contributed by atoms with Gasteiger partial charge in [-0.2, -0.15) is 0 Å². The van der Waals surface area contributed by atoms with Gasteiger partial charge in [0.25, 0.3) is 11.8 Å². The molecule has 0 aliphatic heterocycles. The molecule has 0 radical (unpaired) electrons. The van der Waals surface area contributed by atoms with E-state index in [9.17, 15) is 14.4 Å². The second-order valence-corrected chi connectivity index (χ2v) is 8.35. The van der Waals surface area contributed by atoms with Crippen molar-refractivity contribution in [3.63, 3.8) is 0 Å². The lowest BCUT2D eigenvalue weighted by atomic mass is 10.1. The number of hydroxylamine groups is 1. The lowest BCUT2D eigenvalue weighted by molar-refractivity contribution is -0.130. The predicted octanol–water partition coefficient (Wildman–Crippen LogP) is 1.42. The molecule has 0 fully saturated rings. The van der Waals surface area contributed by atoms with Gasteiger partial charge in [-0.3, -0.25) is 19.6 Å². The standard InChI is InChI=1S/C30H29N5O4/c31-20-27(30(38)35-39)34-29(37)25-14-10-23(11-15-25)8-4-5-9-24-12-16-26(17-13-24)33-28(36)21-32-19-18-22-6-2-1-3-7-22/h1-3,6-7,10-17,27,32,39H,18-21,31H2,(H,33,36)(H,34,37)(H,35,38)/t27-/m0/s1. The minimum atomic E-state index is -1.05. The predicted molar refractivity (Wildman–Crippen MR) is 149 cm³/mol. The van der Waals surface area contributed by atoms with Crippen LogP contribution >= 0.6 is 0 Å². The molecular formula is C30H29N5O4. The highest BCUT2D eigenvalue weighted by Gasteiger charge is 2.19. The SMILES string of the molecule is NC[C@H](NC(=O)c1ccc(C#CC#Cc2ccc(NC(=O)CNCCc3ccccc3)cc2)cc1)C(=O)NO. The fourth-order valence-corrected chi connectivity index (χ4v) is 3.38. The monoisotopic (exact) mass is 523 g/mol. The number of hydrogen-bond donors (Lipinski definition) is 6. The number of nitrogens with one attached hydrogen (secondary N) is 4. The average Bonchev–Trinajstić information content (AvgIpc) is 2.97. The van der Waals surface area contributed by atoms with Gasteiger partial charge in [0.1, 0.15) is 6.04 Å². The van der Waals surface area contributed by atoms with Crippen molar-refractivity contribution >= 4 is 23.4 Å². The molecule has 0 aliphatic rings. The number of amides is 3. The van der Waals surface area contributed by atoms with E-state index in [1.54, 1.807) is 48.5 Å². The summed E-state index contributed by atoms with van der Waals surface area (Å²) >= 11 is 0. The van der Waals surface area contributed by atoms with Crippen LogP contribution in [0.3, 0.4) is 0 Å². The molecule has 0 saturated heterocycles. The number of carbonyl (C=O) groups is 3. The Balaban J connectivity index is 1.44. The summed E-state index contributed by atoms with van der Waals surface area (Å²) in [6.07, 6.45) is 0.857. The van der Waals surface area contributed by atoms with Crippen LogP contribution in [0.2, 0.25) is 0 Å². The molecule has 3 aromatic carbocycles. The Labute approximate surface area is 227 Å². The van der Waals surface area contributed by atoms with Gasteiger partial charge < -0.3 is 21.7 Å². The fourth-order valence-electron chi connectivity index (χ4n) is 3.38. The zero-order valence-electron chi connectivity index (χ0n) is 21.2. The highest BCUT2D eigenvalue weighted by Crippen LogP contribution is 2.08. The molecule has 0 spiro atoms. The minimum Gasteiger partial charge on any atom is -0.339 e. The second-order valence-electron chi connectivity index (χ2n) is 8.35. The van der Waals surface area contributed by atoms with Crippen LogP contribution in [0.4, 0.5) is 5.69 Å². The van der Waals surface area contributed by atoms with Crippen LogP contribution in [0.5, 0.6) is 0 Å². The van der Waals surface area contributed by atoms with Crippen molar-refractivity contribution in [1.29, 1.82) is 0 Å². The molecule has 0 saturated carbocycles. The average molecular weight is 524 g/mol. The zero-order chi connectivity index (χ0) is 27.9. The third-order valence-electron chi connectivity index (χ3n) is 5.48. The highest BCUT2D eigenvalue weighted by atomic mass is 16.5. The Morgan fingerprint density at radius 3 is 2.05 bits per heavy atom.